The van der Waals surface area contributed by atoms with Gasteiger partial charge in [0.2, 0.25) is 17.7 Å². The number of rotatable bonds is 6. The quantitative estimate of drug-likeness (QED) is 0.530. The van der Waals surface area contributed by atoms with Gasteiger partial charge in [-0.25, -0.2) is 0 Å². The summed E-state index contributed by atoms with van der Waals surface area (Å²) in [6.07, 6.45) is 0.280. The van der Waals surface area contributed by atoms with Crippen molar-refractivity contribution in [2.75, 3.05) is 24.9 Å². The molecule has 1 fully saturated rings. The average molecular weight is 453 g/mol. The van der Waals surface area contributed by atoms with Crippen molar-refractivity contribution >= 4 is 29.1 Å². The number of nitrogens with two attached hydrogens (primary N) is 1. The van der Waals surface area contributed by atoms with Gasteiger partial charge in [-0.2, -0.15) is 0 Å². The van der Waals surface area contributed by atoms with Crippen LogP contribution in [0.4, 0.5) is 11.4 Å². The van der Waals surface area contributed by atoms with Crippen molar-refractivity contribution in [1.82, 2.24) is 5.32 Å². The van der Waals surface area contributed by atoms with Gasteiger partial charge in [0, 0.05) is 29.8 Å². The Hall–Kier alpha value is -3.59. The molecule has 2 heterocycles. The van der Waals surface area contributed by atoms with Crippen LogP contribution in [-0.4, -0.2) is 38.0 Å². The van der Waals surface area contributed by atoms with Crippen LogP contribution in [0.5, 0.6) is 11.5 Å². The minimum atomic E-state index is -1.32. The summed E-state index contributed by atoms with van der Waals surface area (Å²) in [5, 5.41) is 9.15. The first-order valence-corrected chi connectivity index (χ1v) is 10.7. The Morgan fingerprint density at radius 3 is 2.61 bits per heavy atom. The summed E-state index contributed by atoms with van der Waals surface area (Å²) in [6.45, 7) is 3.85. The highest BCUT2D eigenvalue weighted by molar-refractivity contribution is 6.11. The molecule has 0 radical (unpaired) electrons. The number of aryl methyl sites for hydroxylation is 2. The van der Waals surface area contributed by atoms with Crippen molar-refractivity contribution in [3.05, 3.63) is 47.0 Å². The van der Waals surface area contributed by atoms with E-state index in [-0.39, 0.29) is 24.7 Å². The molecule has 0 aliphatic carbocycles. The molecule has 2 aliphatic rings. The maximum absolute atomic E-state index is 13.7. The third kappa shape index (κ3) is 3.78. The van der Waals surface area contributed by atoms with E-state index in [1.807, 2.05) is 26.0 Å². The number of carbonyl (C=O) groups is 3. The smallest absolute Gasteiger partial charge is 0.250 e. The summed E-state index contributed by atoms with van der Waals surface area (Å²) in [4.78, 5) is 38.7. The van der Waals surface area contributed by atoms with Crippen LogP contribution >= 0.6 is 0 Å². The van der Waals surface area contributed by atoms with E-state index in [0.717, 1.165) is 11.1 Å². The number of anilines is 2. The van der Waals surface area contributed by atoms with E-state index in [0.29, 0.717) is 28.4 Å². The number of fused-ring (bicyclic) bond motifs is 2. The zero-order valence-corrected chi connectivity index (χ0v) is 19.1. The van der Waals surface area contributed by atoms with E-state index in [1.165, 1.54) is 14.2 Å². The van der Waals surface area contributed by atoms with Gasteiger partial charge in [0.1, 0.15) is 17.0 Å². The van der Waals surface area contributed by atoms with Crippen LogP contribution in [0.1, 0.15) is 29.5 Å². The van der Waals surface area contributed by atoms with Crippen molar-refractivity contribution in [3.8, 4) is 11.5 Å². The third-order valence-corrected chi connectivity index (χ3v) is 6.40. The maximum Gasteiger partial charge on any atom is 0.250 e. The topological polar surface area (TPSA) is 132 Å². The standard InChI is InChI=1S/C24H28N4O5/c1-12-7-13(2)21-16(8-12)24(23(31)27-21)17(9-14(28-24)10-20(25)29)22(30)26-18-11-15(32-3)5-6-19(18)33-4/h5-8,11,14,17,28H,9-10H2,1-4H3,(H2,25,29)(H,26,30)(H,27,31)/t14-,17+,24-/m1/s1. The summed E-state index contributed by atoms with van der Waals surface area (Å²) in [5.41, 5.74) is 7.82. The van der Waals surface area contributed by atoms with Crippen molar-refractivity contribution in [3.63, 3.8) is 0 Å². The third-order valence-electron chi connectivity index (χ3n) is 6.40. The van der Waals surface area contributed by atoms with Crippen LogP contribution in [-0.2, 0) is 19.9 Å². The Labute approximate surface area is 192 Å². The molecule has 4 rings (SSSR count). The first kappa shape index (κ1) is 22.6. The molecule has 2 aromatic carbocycles. The van der Waals surface area contributed by atoms with Crippen LogP contribution in [0.2, 0.25) is 0 Å². The zero-order valence-electron chi connectivity index (χ0n) is 19.1. The molecule has 9 nitrogen and oxygen atoms in total. The molecule has 3 amide bonds. The monoisotopic (exact) mass is 452 g/mol. The fourth-order valence-corrected chi connectivity index (χ4v) is 5.02. The number of benzene rings is 2. The number of ether oxygens (including phenoxy) is 2. The fourth-order valence-electron chi connectivity index (χ4n) is 5.02. The molecule has 0 bridgehead atoms. The number of hydrogen-bond donors (Lipinski definition) is 4. The fraction of sp³-hybridized carbons (Fsp3) is 0.375. The van der Waals surface area contributed by atoms with Gasteiger partial charge in [-0.15, -0.1) is 0 Å². The number of primary amides is 1. The second-order valence-corrected chi connectivity index (χ2v) is 8.62. The Balaban J connectivity index is 1.77. The van der Waals surface area contributed by atoms with Crippen LogP contribution in [0, 0.1) is 19.8 Å². The maximum atomic E-state index is 13.7. The second-order valence-electron chi connectivity index (χ2n) is 8.62. The van der Waals surface area contributed by atoms with Crippen LogP contribution < -0.4 is 31.2 Å². The van der Waals surface area contributed by atoms with Crippen molar-refractivity contribution in [2.24, 2.45) is 11.7 Å². The van der Waals surface area contributed by atoms with E-state index in [4.69, 9.17) is 15.2 Å². The molecule has 0 unspecified atom stereocenters. The SMILES string of the molecule is COc1ccc(OC)c(NC(=O)[C@@H]2C[C@H](CC(N)=O)N[C@@]23C(=O)Nc2c(C)cc(C)cc23)c1. The molecule has 2 aliphatic heterocycles. The zero-order chi connectivity index (χ0) is 23.9. The molecule has 5 N–H and O–H groups in total. The van der Waals surface area contributed by atoms with Gasteiger partial charge >= 0.3 is 0 Å². The minimum absolute atomic E-state index is 0.0153. The Bertz CT molecular complexity index is 1150. The van der Waals surface area contributed by atoms with Gasteiger partial charge < -0.3 is 25.8 Å². The molecule has 174 valence electrons. The molecule has 33 heavy (non-hydrogen) atoms. The molecule has 2 aromatic rings. The highest BCUT2D eigenvalue weighted by atomic mass is 16.5. The lowest BCUT2D eigenvalue weighted by atomic mass is 9.78. The van der Waals surface area contributed by atoms with Gasteiger partial charge in [-0.05, 0) is 38.0 Å². The Morgan fingerprint density at radius 1 is 1.18 bits per heavy atom. The van der Waals surface area contributed by atoms with E-state index in [1.54, 1.807) is 18.2 Å². The van der Waals surface area contributed by atoms with E-state index in [2.05, 4.69) is 16.0 Å². The molecular formula is C24H28N4O5. The van der Waals surface area contributed by atoms with Crippen molar-refractivity contribution in [1.29, 1.82) is 0 Å². The second kappa shape index (κ2) is 8.40. The van der Waals surface area contributed by atoms with Gasteiger partial charge in [-0.1, -0.05) is 17.7 Å². The summed E-state index contributed by atoms with van der Waals surface area (Å²) < 4.78 is 10.7. The molecule has 3 atom stereocenters. The van der Waals surface area contributed by atoms with E-state index >= 15 is 0 Å². The molecule has 1 saturated heterocycles. The highest BCUT2D eigenvalue weighted by Gasteiger charge is 2.60. The van der Waals surface area contributed by atoms with Crippen LogP contribution in [0.15, 0.2) is 30.3 Å². The average Bonchev–Trinajstić information content (AvgIpc) is 3.27. The molecule has 9 heteroatoms. The van der Waals surface area contributed by atoms with E-state index < -0.39 is 23.4 Å². The van der Waals surface area contributed by atoms with Gasteiger partial charge in [0.15, 0.2) is 0 Å². The van der Waals surface area contributed by atoms with Crippen molar-refractivity contribution < 1.29 is 23.9 Å². The van der Waals surface area contributed by atoms with Crippen LogP contribution in [0.3, 0.4) is 0 Å². The molecule has 1 spiro atoms. The van der Waals surface area contributed by atoms with Crippen LogP contribution in [0.25, 0.3) is 0 Å². The first-order chi connectivity index (χ1) is 15.7. The van der Waals surface area contributed by atoms with E-state index in [9.17, 15) is 14.4 Å². The minimum Gasteiger partial charge on any atom is -0.497 e. The number of nitrogens with one attached hydrogen (secondary N) is 3. The Morgan fingerprint density at radius 2 is 1.94 bits per heavy atom. The first-order valence-electron chi connectivity index (χ1n) is 10.7. The normalized spacial score (nSPS) is 23.2. The lowest BCUT2D eigenvalue weighted by molar-refractivity contribution is -0.130. The highest BCUT2D eigenvalue weighted by Crippen LogP contribution is 2.49. The summed E-state index contributed by atoms with van der Waals surface area (Å²) in [5.74, 6) is -0.982. The lowest BCUT2D eigenvalue weighted by Gasteiger charge is -2.29. The number of hydrogen-bond acceptors (Lipinski definition) is 6. The number of amides is 3. The largest absolute Gasteiger partial charge is 0.497 e. The van der Waals surface area contributed by atoms with Gasteiger partial charge in [-0.3, -0.25) is 19.7 Å². The molecule has 0 aromatic heterocycles. The summed E-state index contributed by atoms with van der Waals surface area (Å²) in [7, 11) is 3.04. The number of carbonyl (C=O) groups excluding carboxylic acids is 3. The molecular weight excluding hydrogens is 424 g/mol. The number of methoxy groups -OCH3 is 2. The molecule has 0 saturated carbocycles. The lowest BCUT2D eigenvalue weighted by Crippen LogP contribution is -2.52. The summed E-state index contributed by atoms with van der Waals surface area (Å²) >= 11 is 0. The predicted octanol–water partition coefficient (Wildman–Crippen LogP) is 1.96. The predicted molar refractivity (Wildman–Crippen MR) is 123 cm³/mol. The van der Waals surface area contributed by atoms with Crippen molar-refractivity contribution in [2.45, 2.75) is 38.3 Å². The Kier molecular flexibility index (Phi) is 5.75. The van der Waals surface area contributed by atoms with Gasteiger partial charge in [0.05, 0.1) is 25.8 Å². The summed E-state index contributed by atoms with van der Waals surface area (Å²) in [6, 6.07) is 8.53. The van der Waals surface area contributed by atoms with Gasteiger partial charge in [0.25, 0.3) is 0 Å².